The van der Waals surface area contributed by atoms with E-state index in [9.17, 15) is 0 Å². The van der Waals surface area contributed by atoms with E-state index in [1.807, 2.05) is 0 Å². The molecule has 5 nitrogen and oxygen atoms in total. The first kappa shape index (κ1) is 14.8. The number of hydrogen-bond donors (Lipinski definition) is 1. The molecule has 6 heteroatoms. The van der Waals surface area contributed by atoms with Gasteiger partial charge in [-0.1, -0.05) is 12.1 Å². The van der Waals surface area contributed by atoms with Gasteiger partial charge < -0.3 is 9.84 Å². The predicted octanol–water partition coefficient (Wildman–Crippen LogP) is 1.63. The summed E-state index contributed by atoms with van der Waals surface area (Å²) in [6.07, 6.45) is 4.60. The van der Waals surface area contributed by atoms with Gasteiger partial charge in [-0.25, -0.2) is 0 Å². The minimum absolute atomic E-state index is 0. The Morgan fingerprint density at radius 3 is 3.05 bits per heavy atom. The fraction of sp³-hybridized carbons (Fsp3) is 0.846. The van der Waals surface area contributed by atoms with E-state index in [2.05, 4.69) is 27.3 Å². The first-order chi connectivity index (χ1) is 8.80. The molecule has 0 amide bonds. The molecule has 19 heavy (non-hydrogen) atoms. The van der Waals surface area contributed by atoms with Crippen molar-refractivity contribution in [3.63, 3.8) is 0 Å². The van der Waals surface area contributed by atoms with E-state index in [0.29, 0.717) is 5.41 Å². The normalized spacial score (nSPS) is 27.0. The van der Waals surface area contributed by atoms with Crippen LogP contribution in [0.15, 0.2) is 4.52 Å². The molecule has 2 aliphatic heterocycles. The maximum Gasteiger partial charge on any atom is 0.240 e. The summed E-state index contributed by atoms with van der Waals surface area (Å²) < 4.78 is 5.31. The molecule has 1 spiro atoms. The van der Waals surface area contributed by atoms with E-state index in [-0.39, 0.29) is 12.4 Å². The summed E-state index contributed by atoms with van der Waals surface area (Å²) in [4.78, 5) is 6.90. The third-order valence-corrected chi connectivity index (χ3v) is 4.19. The average Bonchev–Trinajstić information content (AvgIpc) is 3.06. The number of likely N-dealkylation sites (tertiary alicyclic amines) is 1. The molecule has 2 saturated heterocycles. The topological polar surface area (TPSA) is 54.2 Å². The molecule has 0 radical (unpaired) electrons. The third-order valence-electron chi connectivity index (χ3n) is 4.19. The Labute approximate surface area is 120 Å². The van der Waals surface area contributed by atoms with E-state index in [1.165, 1.54) is 32.5 Å². The van der Waals surface area contributed by atoms with E-state index >= 15 is 0 Å². The largest absolute Gasteiger partial charge is 0.338 e. The van der Waals surface area contributed by atoms with Gasteiger partial charge in [0.15, 0.2) is 5.82 Å². The SMILES string of the molecule is CCCc1noc(CN2CCC3(CCNC3)C2)n1.Cl. The van der Waals surface area contributed by atoms with Crippen molar-refractivity contribution in [2.75, 3.05) is 26.2 Å². The summed E-state index contributed by atoms with van der Waals surface area (Å²) in [5.74, 6) is 1.63. The predicted molar refractivity (Wildman–Crippen MR) is 75.4 cm³/mol. The van der Waals surface area contributed by atoms with Gasteiger partial charge in [-0.3, -0.25) is 4.90 Å². The average molecular weight is 287 g/mol. The van der Waals surface area contributed by atoms with Crippen LogP contribution in [-0.2, 0) is 13.0 Å². The van der Waals surface area contributed by atoms with Crippen molar-refractivity contribution < 1.29 is 4.52 Å². The van der Waals surface area contributed by atoms with Gasteiger partial charge >= 0.3 is 0 Å². The van der Waals surface area contributed by atoms with Crippen molar-refractivity contribution in [2.24, 2.45) is 5.41 Å². The van der Waals surface area contributed by atoms with Crippen molar-refractivity contribution in [2.45, 2.75) is 39.2 Å². The Bertz CT molecular complexity index is 403. The van der Waals surface area contributed by atoms with Crippen LogP contribution in [0.3, 0.4) is 0 Å². The van der Waals surface area contributed by atoms with Gasteiger partial charge in [0.25, 0.3) is 0 Å². The number of nitrogens with one attached hydrogen (secondary N) is 1. The molecule has 3 heterocycles. The molecule has 108 valence electrons. The fourth-order valence-electron chi connectivity index (χ4n) is 3.18. The highest BCUT2D eigenvalue weighted by Crippen LogP contribution is 2.36. The maximum absolute atomic E-state index is 5.31. The second-order valence-electron chi connectivity index (χ2n) is 5.74. The number of halogens is 1. The smallest absolute Gasteiger partial charge is 0.240 e. The molecule has 1 N–H and O–H groups in total. The lowest BCUT2D eigenvalue weighted by Crippen LogP contribution is -2.29. The summed E-state index contributed by atoms with van der Waals surface area (Å²) in [7, 11) is 0. The highest BCUT2D eigenvalue weighted by Gasteiger charge is 2.40. The lowest BCUT2D eigenvalue weighted by molar-refractivity contribution is 0.235. The van der Waals surface area contributed by atoms with Crippen LogP contribution in [0.4, 0.5) is 0 Å². The van der Waals surface area contributed by atoms with Gasteiger partial charge in [0.2, 0.25) is 5.89 Å². The van der Waals surface area contributed by atoms with Crippen molar-refractivity contribution in [3.05, 3.63) is 11.7 Å². The quantitative estimate of drug-likeness (QED) is 0.912. The van der Waals surface area contributed by atoms with E-state index in [0.717, 1.165) is 37.6 Å². The number of nitrogens with zero attached hydrogens (tertiary/aromatic N) is 3. The lowest BCUT2D eigenvalue weighted by atomic mass is 9.87. The highest BCUT2D eigenvalue weighted by atomic mass is 35.5. The summed E-state index contributed by atoms with van der Waals surface area (Å²) in [6, 6.07) is 0. The summed E-state index contributed by atoms with van der Waals surface area (Å²) in [6.45, 7) is 7.63. The standard InChI is InChI=1S/C13H22N4O.ClH/c1-2-3-11-15-12(18-16-11)8-17-7-5-13(10-17)4-6-14-9-13;/h14H,2-10H2,1H3;1H. The molecule has 2 aliphatic rings. The van der Waals surface area contributed by atoms with Gasteiger partial charge in [-0.15, -0.1) is 12.4 Å². The van der Waals surface area contributed by atoms with Crippen LogP contribution in [0, 0.1) is 5.41 Å². The first-order valence-corrected chi connectivity index (χ1v) is 7.04. The van der Waals surface area contributed by atoms with Crippen LogP contribution >= 0.6 is 12.4 Å². The fourth-order valence-corrected chi connectivity index (χ4v) is 3.18. The summed E-state index contributed by atoms with van der Waals surface area (Å²) in [5, 5.41) is 7.49. The van der Waals surface area contributed by atoms with Crippen LogP contribution in [0.25, 0.3) is 0 Å². The number of rotatable bonds is 4. The first-order valence-electron chi connectivity index (χ1n) is 7.04. The molecular formula is C13H23ClN4O. The van der Waals surface area contributed by atoms with Gasteiger partial charge in [0.1, 0.15) is 0 Å². The van der Waals surface area contributed by atoms with Crippen LogP contribution < -0.4 is 5.32 Å². The number of hydrogen-bond acceptors (Lipinski definition) is 5. The molecule has 0 aromatic carbocycles. The Balaban J connectivity index is 0.00000133. The van der Waals surface area contributed by atoms with Crippen molar-refractivity contribution >= 4 is 12.4 Å². The van der Waals surface area contributed by atoms with E-state index in [1.54, 1.807) is 0 Å². The van der Waals surface area contributed by atoms with E-state index < -0.39 is 0 Å². The van der Waals surface area contributed by atoms with Crippen LogP contribution in [0.1, 0.15) is 37.9 Å². The minimum atomic E-state index is 0. The third kappa shape index (κ3) is 3.27. The molecule has 1 aromatic heterocycles. The monoisotopic (exact) mass is 286 g/mol. The lowest BCUT2D eigenvalue weighted by Gasteiger charge is -2.21. The molecule has 0 saturated carbocycles. The molecule has 0 aliphatic carbocycles. The maximum atomic E-state index is 5.31. The Kier molecular flexibility index (Phi) is 4.81. The zero-order valence-electron chi connectivity index (χ0n) is 11.5. The van der Waals surface area contributed by atoms with Crippen LogP contribution in [-0.4, -0.2) is 41.2 Å². The van der Waals surface area contributed by atoms with Crippen molar-refractivity contribution in [1.29, 1.82) is 0 Å². The second kappa shape index (κ2) is 6.20. The Hall–Kier alpha value is -0.650. The van der Waals surface area contributed by atoms with E-state index in [4.69, 9.17) is 4.52 Å². The van der Waals surface area contributed by atoms with Gasteiger partial charge in [-0.05, 0) is 37.8 Å². The zero-order valence-corrected chi connectivity index (χ0v) is 12.3. The molecule has 0 bridgehead atoms. The molecule has 1 unspecified atom stereocenters. The molecule has 2 fully saturated rings. The molecular weight excluding hydrogens is 264 g/mol. The second-order valence-corrected chi connectivity index (χ2v) is 5.74. The van der Waals surface area contributed by atoms with Crippen molar-refractivity contribution in [1.82, 2.24) is 20.4 Å². The Morgan fingerprint density at radius 1 is 1.42 bits per heavy atom. The molecule has 1 aromatic rings. The van der Waals surface area contributed by atoms with Crippen molar-refractivity contribution in [3.8, 4) is 0 Å². The van der Waals surface area contributed by atoms with Gasteiger partial charge in [-0.2, -0.15) is 4.98 Å². The van der Waals surface area contributed by atoms with Crippen LogP contribution in [0.5, 0.6) is 0 Å². The van der Waals surface area contributed by atoms with Gasteiger partial charge in [0, 0.05) is 19.5 Å². The summed E-state index contributed by atoms with van der Waals surface area (Å²) in [5.41, 5.74) is 0.520. The number of aryl methyl sites for hydroxylation is 1. The summed E-state index contributed by atoms with van der Waals surface area (Å²) >= 11 is 0. The van der Waals surface area contributed by atoms with Crippen LogP contribution in [0.2, 0.25) is 0 Å². The molecule has 1 atom stereocenters. The zero-order chi connectivity index (χ0) is 12.4. The highest BCUT2D eigenvalue weighted by molar-refractivity contribution is 5.85. The Morgan fingerprint density at radius 2 is 2.32 bits per heavy atom. The molecule has 3 rings (SSSR count). The van der Waals surface area contributed by atoms with Gasteiger partial charge in [0.05, 0.1) is 6.54 Å². The number of aromatic nitrogens is 2. The minimum Gasteiger partial charge on any atom is -0.338 e.